The van der Waals surface area contributed by atoms with Crippen LogP contribution in [0.4, 0.5) is 17.1 Å². The molecule has 1 aliphatic carbocycles. The number of anilines is 3. The zero-order valence-corrected chi connectivity index (χ0v) is 17.9. The molecule has 0 aromatic heterocycles. The van der Waals surface area contributed by atoms with Crippen molar-refractivity contribution in [3.05, 3.63) is 78.4 Å². The Morgan fingerprint density at radius 2 is 1.81 bits per heavy atom. The van der Waals surface area contributed by atoms with Gasteiger partial charge in [0.15, 0.2) is 0 Å². The van der Waals surface area contributed by atoms with Crippen LogP contribution in [-0.4, -0.2) is 17.6 Å². The van der Waals surface area contributed by atoms with Crippen molar-refractivity contribution in [3.63, 3.8) is 0 Å². The van der Waals surface area contributed by atoms with Crippen molar-refractivity contribution in [2.75, 3.05) is 11.5 Å². The molecule has 1 amide bonds. The molecule has 4 rings (SSSR count). The molecule has 1 fully saturated rings. The summed E-state index contributed by atoms with van der Waals surface area (Å²) in [5, 5.41) is 13.8. The fourth-order valence-corrected chi connectivity index (χ4v) is 3.60. The Hall–Kier alpha value is -3.47. The van der Waals surface area contributed by atoms with Crippen molar-refractivity contribution in [3.8, 4) is 11.5 Å². The van der Waals surface area contributed by atoms with E-state index in [-0.39, 0.29) is 17.7 Å². The number of hydrogen-bond acceptors (Lipinski definition) is 4. The molecule has 0 saturated heterocycles. The van der Waals surface area contributed by atoms with Crippen molar-refractivity contribution in [1.82, 2.24) is 5.32 Å². The van der Waals surface area contributed by atoms with Crippen LogP contribution in [0.3, 0.4) is 0 Å². The normalized spacial score (nSPS) is 14.0. The number of benzene rings is 3. The average molecular weight is 417 g/mol. The maximum Gasteiger partial charge on any atom is 0.217 e. The number of phenols is 1. The van der Waals surface area contributed by atoms with Crippen LogP contribution in [0.25, 0.3) is 0 Å². The number of phenolic OH excluding ortho intramolecular Hbond substituents is 1. The number of nitrogens with zero attached hydrogens (tertiary/aromatic N) is 1. The van der Waals surface area contributed by atoms with Crippen molar-refractivity contribution >= 4 is 23.0 Å². The van der Waals surface area contributed by atoms with E-state index >= 15 is 0 Å². The van der Waals surface area contributed by atoms with Gasteiger partial charge in [-0.3, -0.25) is 4.79 Å². The molecule has 3 aromatic carbocycles. The van der Waals surface area contributed by atoms with Gasteiger partial charge in [0.1, 0.15) is 11.5 Å². The van der Waals surface area contributed by atoms with Gasteiger partial charge in [-0.05, 0) is 67.6 Å². The molecule has 5 nitrogen and oxygen atoms in total. The highest BCUT2D eigenvalue weighted by Crippen LogP contribution is 2.41. The van der Waals surface area contributed by atoms with Gasteiger partial charge < -0.3 is 20.1 Å². The standard InChI is InChI=1S/C26H28N2O3/c1-18(27-19(2)29)21-13-14-25(26(30)15-21)28(22-7-4-3-5-8-22)23-9-6-10-24(16-23)31-17-20-11-12-20/h3-10,13-16,18,20,30H,11-12,17H2,1-2H3,(H,27,29). The fourth-order valence-electron chi connectivity index (χ4n) is 3.60. The van der Waals surface area contributed by atoms with Crippen molar-refractivity contribution in [2.45, 2.75) is 32.7 Å². The van der Waals surface area contributed by atoms with Crippen LogP contribution in [0, 0.1) is 5.92 Å². The van der Waals surface area contributed by atoms with Crippen LogP contribution in [0.2, 0.25) is 0 Å². The van der Waals surface area contributed by atoms with Crippen LogP contribution >= 0.6 is 0 Å². The molecular weight excluding hydrogens is 388 g/mol. The Labute approximate surface area is 183 Å². The van der Waals surface area contributed by atoms with Gasteiger partial charge in [0.05, 0.1) is 18.3 Å². The molecule has 5 heteroatoms. The highest BCUT2D eigenvalue weighted by molar-refractivity contribution is 5.80. The minimum atomic E-state index is -0.193. The molecule has 3 aromatic rings. The van der Waals surface area contributed by atoms with Crippen LogP contribution < -0.4 is 15.0 Å². The van der Waals surface area contributed by atoms with Crippen LogP contribution in [0.1, 0.15) is 38.3 Å². The van der Waals surface area contributed by atoms with E-state index in [2.05, 4.69) is 5.32 Å². The van der Waals surface area contributed by atoms with Crippen molar-refractivity contribution in [2.24, 2.45) is 5.92 Å². The molecule has 1 saturated carbocycles. The summed E-state index contributed by atoms with van der Waals surface area (Å²) in [4.78, 5) is 13.4. The zero-order chi connectivity index (χ0) is 21.8. The number of amides is 1. The maximum atomic E-state index is 11.4. The Morgan fingerprint density at radius 3 is 2.48 bits per heavy atom. The quantitative estimate of drug-likeness (QED) is 0.484. The fraction of sp³-hybridized carbons (Fsp3) is 0.269. The first-order valence-electron chi connectivity index (χ1n) is 10.7. The van der Waals surface area contributed by atoms with E-state index in [0.29, 0.717) is 11.6 Å². The van der Waals surface area contributed by atoms with Gasteiger partial charge in [0.2, 0.25) is 5.91 Å². The van der Waals surface area contributed by atoms with Gasteiger partial charge in [0, 0.05) is 24.4 Å². The van der Waals surface area contributed by atoms with Crippen LogP contribution in [0.15, 0.2) is 72.8 Å². The molecular formula is C26H28N2O3. The van der Waals surface area contributed by atoms with E-state index < -0.39 is 0 Å². The summed E-state index contributed by atoms with van der Waals surface area (Å²) in [5.74, 6) is 1.53. The summed E-state index contributed by atoms with van der Waals surface area (Å²) in [7, 11) is 0. The lowest BCUT2D eigenvalue weighted by Crippen LogP contribution is -2.23. The smallest absolute Gasteiger partial charge is 0.217 e. The first kappa shape index (κ1) is 20.8. The maximum absolute atomic E-state index is 11.4. The second-order valence-electron chi connectivity index (χ2n) is 8.09. The minimum absolute atomic E-state index is 0.106. The third-order valence-corrected chi connectivity index (χ3v) is 5.43. The number of hydrogen-bond donors (Lipinski definition) is 2. The van der Waals surface area contributed by atoms with E-state index in [0.717, 1.165) is 29.3 Å². The summed E-state index contributed by atoms with van der Waals surface area (Å²) >= 11 is 0. The summed E-state index contributed by atoms with van der Waals surface area (Å²) in [5.41, 5.74) is 3.33. The molecule has 1 aliphatic rings. The highest BCUT2D eigenvalue weighted by Gasteiger charge is 2.22. The minimum Gasteiger partial charge on any atom is -0.506 e. The Balaban J connectivity index is 1.69. The predicted octanol–water partition coefficient (Wildman–Crippen LogP) is 5.85. The van der Waals surface area contributed by atoms with E-state index in [9.17, 15) is 9.90 Å². The number of aromatic hydroxyl groups is 1. The molecule has 31 heavy (non-hydrogen) atoms. The molecule has 0 heterocycles. The molecule has 0 bridgehead atoms. The number of carbonyl (C=O) groups excluding carboxylic acids is 1. The molecule has 160 valence electrons. The van der Waals surface area contributed by atoms with E-state index in [1.807, 2.05) is 78.6 Å². The monoisotopic (exact) mass is 416 g/mol. The average Bonchev–Trinajstić information content (AvgIpc) is 3.59. The largest absolute Gasteiger partial charge is 0.506 e. The highest BCUT2D eigenvalue weighted by atomic mass is 16.5. The number of carbonyl (C=O) groups is 1. The van der Waals surface area contributed by atoms with Gasteiger partial charge in [-0.2, -0.15) is 0 Å². The van der Waals surface area contributed by atoms with Crippen LogP contribution in [-0.2, 0) is 4.79 Å². The molecule has 0 spiro atoms. The van der Waals surface area contributed by atoms with Crippen molar-refractivity contribution < 1.29 is 14.6 Å². The number of para-hydroxylation sites is 1. The SMILES string of the molecule is CC(=O)NC(C)c1ccc(N(c2ccccc2)c2cccc(OCC3CC3)c2)c(O)c1. The Morgan fingerprint density at radius 1 is 1.06 bits per heavy atom. The van der Waals surface area contributed by atoms with Gasteiger partial charge in [-0.15, -0.1) is 0 Å². The van der Waals surface area contributed by atoms with E-state index in [1.54, 1.807) is 6.07 Å². The molecule has 1 unspecified atom stereocenters. The zero-order valence-electron chi connectivity index (χ0n) is 17.9. The van der Waals surface area contributed by atoms with Gasteiger partial charge in [0.25, 0.3) is 0 Å². The lowest BCUT2D eigenvalue weighted by molar-refractivity contribution is -0.119. The molecule has 1 atom stereocenters. The topological polar surface area (TPSA) is 61.8 Å². The lowest BCUT2D eigenvalue weighted by atomic mass is 10.1. The lowest BCUT2D eigenvalue weighted by Gasteiger charge is -2.27. The second-order valence-corrected chi connectivity index (χ2v) is 8.09. The van der Waals surface area contributed by atoms with Crippen molar-refractivity contribution in [1.29, 1.82) is 0 Å². The Bertz CT molecular complexity index is 1050. The number of rotatable bonds is 8. The van der Waals surface area contributed by atoms with E-state index in [1.165, 1.54) is 19.8 Å². The molecule has 0 aliphatic heterocycles. The van der Waals surface area contributed by atoms with Gasteiger partial charge in [-0.1, -0.05) is 30.3 Å². The molecule has 2 N–H and O–H groups in total. The van der Waals surface area contributed by atoms with Gasteiger partial charge in [-0.25, -0.2) is 0 Å². The first-order chi connectivity index (χ1) is 15.0. The summed E-state index contributed by atoms with van der Waals surface area (Å²) in [6, 6.07) is 23.2. The predicted molar refractivity (Wildman–Crippen MR) is 123 cm³/mol. The second kappa shape index (κ2) is 9.13. The summed E-state index contributed by atoms with van der Waals surface area (Å²) in [6.45, 7) is 4.13. The number of ether oxygens (including phenoxy) is 1. The number of nitrogens with one attached hydrogen (secondary N) is 1. The summed E-state index contributed by atoms with van der Waals surface area (Å²) in [6.07, 6.45) is 2.49. The first-order valence-corrected chi connectivity index (χ1v) is 10.7. The van der Waals surface area contributed by atoms with Crippen LogP contribution in [0.5, 0.6) is 11.5 Å². The van der Waals surface area contributed by atoms with Gasteiger partial charge >= 0.3 is 0 Å². The van der Waals surface area contributed by atoms with E-state index in [4.69, 9.17) is 4.74 Å². The molecule has 0 radical (unpaired) electrons. The third kappa shape index (κ3) is 5.18. The summed E-state index contributed by atoms with van der Waals surface area (Å²) < 4.78 is 5.98. The third-order valence-electron chi connectivity index (χ3n) is 5.43. The Kier molecular flexibility index (Phi) is 6.12.